The molecule has 6 heteroatoms. The minimum absolute atomic E-state index is 0.131. The third-order valence-electron chi connectivity index (χ3n) is 5.49. The molecule has 29 heavy (non-hydrogen) atoms. The maximum Gasteiger partial charge on any atom is 0.242 e. The molecule has 0 saturated heterocycles. The molecule has 0 radical (unpaired) electrons. The van der Waals surface area contributed by atoms with Crippen molar-refractivity contribution in [1.29, 1.82) is 0 Å². The molecule has 0 fully saturated rings. The van der Waals surface area contributed by atoms with E-state index in [1.807, 2.05) is 46.0 Å². The zero-order valence-electron chi connectivity index (χ0n) is 16.3. The summed E-state index contributed by atoms with van der Waals surface area (Å²) in [5, 5.41) is 2.10. The number of rotatable bonds is 4. The SMILES string of the molecule is COc1ccc2c(c1)c(-c1cc3cccnc3[nH]1)cn2CC(=O)N1CC=CCC1. The largest absolute Gasteiger partial charge is 0.497 e. The number of fused-ring (bicyclic) bond motifs is 2. The van der Waals surface area contributed by atoms with E-state index in [4.69, 9.17) is 4.74 Å². The van der Waals surface area contributed by atoms with Gasteiger partial charge in [0.2, 0.25) is 5.91 Å². The zero-order valence-corrected chi connectivity index (χ0v) is 16.3. The molecule has 0 unspecified atom stereocenters. The number of hydrogen-bond acceptors (Lipinski definition) is 3. The molecular weight excluding hydrogens is 364 g/mol. The van der Waals surface area contributed by atoms with Crippen molar-refractivity contribution in [1.82, 2.24) is 19.4 Å². The molecule has 5 rings (SSSR count). The highest BCUT2D eigenvalue weighted by Crippen LogP contribution is 2.34. The van der Waals surface area contributed by atoms with Gasteiger partial charge in [-0.25, -0.2) is 4.98 Å². The van der Waals surface area contributed by atoms with Crippen molar-refractivity contribution in [2.45, 2.75) is 13.0 Å². The van der Waals surface area contributed by atoms with E-state index in [1.165, 1.54) is 0 Å². The Morgan fingerprint density at radius 3 is 2.97 bits per heavy atom. The van der Waals surface area contributed by atoms with Gasteiger partial charge in [-0.15, -0.1) is 0 Å². The number of carbonyl (C=O) groups excluding carboxylic acids is 1. The second kappa shape index (κ2) is 7.13. The van der Waals surface area contributed by atoms with Crippen LogP contribution in [0.1, 0.15) is 6.42 Å². The first-order chi connectivity index (χ1) is 14.2. The van der Waals surface area contributed by atoms with Gasteiger partial charge in [-0.1, -0.05) is 12.2 Å². The van der Waals surface area contributed by atoms with Gasteiger partial charge in [0, 0.05) is 53.0 Å². The highest BCUT2D eigenvalue weighted by atomic mass is 16.5. The highest BCUT2D eigenvalue weighted by molar-refractivity contribution is 5.99. The summed E-state index contributed by atoms with van der Waals surface area (Å²) >= 11 is 0. The molecular formula is C23H22N4O2. The third-order valence-corrected chi connectivity index (χ3v) is 5.49. The summed E-state index contributed by atoms with van der Waals surface area (Å²) in [5.41, 5.74) is 3.86. The molecule has 0 spiro atoms. The Labute approximate surface area is 168 Å². The first-order valence-corrected chi connectivity index (χ1v) is 9.77. The average molecular weight is 386 g/mol. The first kappa shape index (κ1) is 17.6. The van der Waals surface area contributed by atoms with Crippen molar-refractivity contribution in [3.05, 3.63) is 60.9 Å². The number of benzene rings is 1. The second-order valence-electron chi connectivity index (χ2n) is 7.28. The van der Waals surface area contributed by atoms with Crippen LogP contribution < -0.4 is 4.74 Å². The molecule has 0 saturated carbocycles. The van der Waals surface area contributed by atoms with Crippen LogP contribution in [-0.2, 0) is 11.3 Å². The highest BCUT2D eigenvalue weighted by Gasteiger charge is 2.18. The van der Waals surface area contributed by atoms with E-state index >= 15 is 0 Å². The smallest absolute Gasteiger partial charge is 0.242 e. The molecule has 3 aromatic heterocycles. The Balaban J connectivity index is 1.59. The molecule has 4 aromatic rings. The minimum Gasteiger partial charge on any atom is -0.497 e. The monoisotopic (exact) mass is 386 g/mol. The van der Waals surface area contributed by atoms with Crippen LogP contribution in [0.5, 0.6) is 5.75 Å². The lowest BCUT2D eigenvalue weighted by molar-refractivity contribution is -0.131. The van der Waals surface area contributed by atoms with E-state index in [1.54, 1.807) is 13.3 Å². The summed E-state index contributed by atoms with van der Waals surface area (Å²) in [7, 11) is 1.66. The summed E-state index contributed by atoms with van der Waals surface area (Å²) in [6.45, 7) is 1.78. The van der Waals surface area contributed by atoms with Crippen molar-refractivity contribution >= 4 is 27.8 Å². The van der Waals surface area contributed by atoms with E-state index < -0.39 is 0 Å². The predicted molar refractivity (Wildman–Crippen MR) is 114 cm³/mol. The van der Waals surface area contributed by atoms with Crippen LogP contribution in [0.4, 0.5) is 0 Å². The summed E-state index contributed by atoms with van der Waals surface area (Å²) in [6, 6.07) is 12.0. The fourth-order valence-corrected chi connectivity index (χ4v) is 3.97. The van der Waals surface area contributed by atoms with E-state index in [2.05, 4.69) is 28.2 Å². The summed E-state index contributed by atoms with van der Waals surface area (Å²) < 4.78 is 7.47. The maximum atomic E-state index is 12.8. The lowest BCUT2D eigenvalue weighted by Crippen LogP contribution is -2.36. The molecule has 1 aliphatic heterocycles. The van der Waals surface area contributed by atoms with Crippen molar-refractivity contribution in [3.63, 3.8) is 0 Å². The van der Waals surface area contributed by atoms with Gasteiger partial charge in [-0.2, -0.15) is 0 Å². The van der Waals surface area contributed by atoms with Gasteiger partial charge in [0.15, 0.2) is 0 Å². The van der Waals surface area contributed by atoms with E-state index in [9.17, 15) is 4.79 Å². The Kier molecular flexibility index (Phi) is 4.31. The lowest BCUT2D eigenvalue weighted by atomic mass is 10.1. The predicted octanol–water partition coefficient (Wildman–Crippen LogP) is 3.98. The Morgan fingerprint density at radius 1 is 1.24 bits per heavy atom. The molecule has 1 aromatic carbocycles. The van der Waals surface area contributed by atoms with Gasteiger partial charge < -0.3 is 19.2 Å². The normalized spacial score (nSPS) is 14.0. The lowest BCUT2D eigenvalue weighted by Gasteiger charge is -2.23. The summed E-state index contributed by atoms with van der Waals surface area (Å²) in [4.78, 5) is 22.6. The molecule has 1 N–H and O–H groups in total. The van der Waals surface area contributed by atoms with Gasteiger partial charge in [0.05, 0.1) is 7.11 Å². The number of hydrogen-bond donors (Lipinski definition) is 1. The van der Waals surface area contributed by atoms with Gasteiger partial charge >= 0.3 is 0 Å². The second-order valence-corrected chi connectivity index (χ2v) is 7.28. The Hall–Kier alpha value is -3.54. The van der Waals surface area contributed by atoms with Crippen molar-refractivity contribution < 1.29 is 9.53 Å². The fourth-order valence-electron chi connectivity index (χ4n) is 3.97. The van der Waals surface area contributed by atoms with Crippen LogP contribution >= 0.6 is 0 Å². The van der Waals surface area contributed by atoms with Crippen LogP contribution in [0.15, 0.2) is 60.9 Å². The number of methoxy groups -OCH3 is 1. The standard InChI is InChI=1S/C23H22N4O2/c1-29-17-7-8-21-18(13-17)19(20-12-16-6-5-9-24-23(16)25-20)14-27(21)15-22(28)26-10-3-2-4-11-26/h2-3,5-9,12-14H,4,10-11,15H2,1H3,(H,24,25). The number of H-pyrrole nitrogens is 1. The third kappa shape index (κ3) is 3.16. The van der Waals surface area contributed by atoms with Crippen LogP contribution in [0.25, 0.3) is 33.2 Å². The topological polar surface area (TPSA) is 63.1 Å². The number of nitrogens with one attached hydrogen (secondary N) is 1. The van der Waals surface area contributed by atoms with Gasteiger partial charge in [-0.05, 0) is 42.8 Å². The maximum absolute atomic E-state index is 12.8. The summed E-state index contributed by atoms with van der Waals surface area (Å²) in [5.74, 6) is 0.921. The quantitative estimate of drug-likeness (QED) is 0.540. The molecule has 4 heterocycles. The van der Waals surface area contributed by atoms with Crippen molar-refractivity contribution in [2.24, 2.45) is 0 Å². The Morgan fingerprint density at radius 2 is 2.17 bits per heavy atom. The molecule has 6 nitrogen and oxygen atoms in total. The van der Waals surface area contributed by atoms with Gasteiger partial charge in [-0.3, -0.25) is 4.79 Å². The number of pyridine rings is 1. The van der Waals surface area contributed by atoms with Gasteiger partial charge in [0.1, 0.15) is 17.9 Å². The van der Waals surface area contributed by atoms with E-state index in [-0.39, 0.29) is 5.91 Å². The number of aromatic amines is 1. The van der Waals surface area contributed by atoms with Crippen molar-refractivity contribution in [2.75, 3.05) is 20.2 Å². The molecule has 1 aliphatic rings. The Bertz CT molecular complexity index is 1200. The first-order valence-electron chi connectivity index (χ1n) is 9.77. The van der Waals surface area contributed by atoms with Crippen LogP contribution in [0.2, 0.25) is 0 Å². The van der Waals surface area contributed by atoms with Crippen LogP contribution in [0, 0.1) is 0 Å². The fraction of sp³-hybridized carbons (Fsp3) is 0.217. The molecule has 0 atom stereocenters. The van der Waals surface area contributed by atoms with Crippen LogP contribution in [0.3, 0.4) is 0 Å². The number of carbonyl (C=O) groups is 1. The molecule has 0 bridgehead atoms. The molecule has 0 aliphatic carbocycles. The van der Waals surface area contributed by atoms with Crippen molar-refractivity contribution in [3.8, 4) is 17.0 Å². The number of nitrogens with zero attached hydrogens (tertiary/aromatic N) is 3. The minimum atomic E-state index is 0.131. The number of aromatic nitrogens is 3. The molecule has 1 amide bonds. The number of ether oxygens (including phenoxy) is 1. The average Bonchev–Trinajstić information content (AvgIpc) is 3.35. The zero-order chi connectivity index (χ0) is 19.8. The van der Waals surface area contributed by atoms with E-state index in [0.29, 0.717) is 13.1 Å². The van der Waals surface area contributed by atoms with Crippen LogP contribution in [-0.4, -0.2) is 45.5 Å². The number of amides is 1. The van der Waals surface area contributed by atoms with E-state index in [0.717, 1.165) is 51.9 Å². The van der Waals surface area contributed by atoms with Gasteiger partial charge in [0.25, 0.3) is 0 Å². The molecule has 146 valence electrons. The summed E-state index contributed by atoms with van der Waals surface area (Å²) in [6.07, 6.45) is 8.93.